The van der Waals surface area contributed by atoms with Crippen LogP contribution in [-0.2, 0) is 9.53 Å². The molecule has 178 valence electrons. The van der Waals surface area contributed by atoms with E-state index in [1.165, 1.54) is 11.1 Å². The second kappa shape index (κ2) is 8.56. The standard InChI is InChI=1S/C25H31F2N3O3/c1-14-7-17-11-28-22(29-24(32)20-10-19(20)23(26)27)9-16(17)8-18(14)15-3-5-30(6-4-15)25(2)13-33-12-21(25)31/h7-9,11,15,19-21,23,31H,3-6,10,12-13H2,1-2H3,(H,28,29,32)/t19-,20-,21-,25+/m0/s1. The van der Waals surface area contributed by atoms with Gasteiger partial charge in [0.05, 0.1) is 24.9 Å². The van der Waals surface area contributed by atoms with Gasteiger partial charge in [-0.05, 0) is 80.8 Å². The van der Waals surface area contributed by atoms with Crippen molar-refractivity contribution in [3.05, 3.63) is 35.5 Å². The van der Waals surface area contributed by atoms with E-state index in [1.54, 1.807) is 6.20 Å². The molecule has 5 rings (SSSR count). The lowest BCUT2D eigenvalue weighted by Crippen LogP contribution is -2.56. The number of rotatable bonds is 5. The van der Waals surface area contributed by atoms with E-state index in [-0.39, 0.29) is 17.9 Å². The fraction of sp³-hybridized carbons (Fsp3) is 0.600. The van der Waals surface area contributed by atoms with Crippen LogP contribution in [0.25, 0.3) is 10.8 Å². The zero-order valence-corrected chi connectivity index (χ0v) is 19.1. The summed E-state index contributed by atoms with van der Waals surface area (Å²) in [6.07, 6.45) is 1.06. The number of amides is 1. The van der Waals surface area contributed by atoms with E-state index >= 15 is 0 Å². The number of nitrogens with zero attached hydrogens (tertiary/aromatic N) is 2. The van der Waals surface area contributed by atoms with E-state index in [0.717, 1.165) is 36.7 Å². The molecule has 2 aliphatic heterocycles. The number of aromatic nitrogens is 1. The number of halogens is 2. The number of carbonyl (C=O) groups excluding carboxylic acids is 1. The van der Waals surface area contributed by atoms with Crippen LogP contribution in [0.3, 0.4) is 0 Å². The first-order chi connectivity index (χ1) is 15.8. The number of aliphatic hydroxyl groups is 1. The van der Waals surface area contributed by atoms with E-state index in [2.05, 4.69) is 41.2 Å². The minimum absolute atomic E-state index is 0.237. The quantitative estimate of drug-likeness (QED) is 0.713. The summed E-state index contributed by atoms with van der Waals surface area (Å²) in [5.41, 5.74) is 2.19. The molecule has 6 nitrogen and oxygen atoms in total. The largest absolute Gasteiger partial charge is 0.389 e. The van der Waals surface area contributed by atoms with Crippen LogP contribution < -0.4 is 5.32 Å². The van der Waals surface area contributed by atoms with Crippen molar-refractivity contribution in [1.29, 1.82) is 0 Å². The normalized spacial score (nSPS) is 30.8. The van der Waals surface area contributed by atoms with Crippen LogP contribution in [0.15, 0.2) is 24.4 Å². The van der Waals surface area contributed by atoms with Crippen LogP contribution in [-0.4, -0.2) is 65.3 Å². The van der Waals surface area contributed by atoms with Gasteiger partial charge in [-0.25, -0.2) is 13.8 Å². The van der Waals surface area contributed by atoms with Crippen LogP contribution in [0.1, 0.15) is 43.2 Å². The number of ether oxygens (including phenoxy) is 1. The molecule has 1 saturated carbocycles. The van der Waals surface area contributed by atoms with Gasteiger partial charge in [0.2, 0.25) is 12.3 Å². The summed E-state index contributed by atoms with van der Waals surface area (Å²) in [5, 5.41) is 15.1. The smallest absolute Gasteiger partial charge is 0.242 e. The number of hydrogen-bond donors (Lipinski definition) is 2. The molecule has 0 radical (unpaired) electrons. The van der Waals surface area contributed by atoms with Gasteiger partial charge in [0, 0.05) is 23.4 Å². The molecule has 3 aliphatic rings. The van der Waals surface area contributed by atoms with Gasteiger partial charge in [0.1, 0.15) is 5.82 Å². The summed E-state index contributed by atoms with van der Waals surface area (Å²) in [6, 6.07) is 6.13. The topological polar surface area (TPSA) is 74.7 Å². The number of alkyl halides is 2. The second-order valence-corrected chi connectivity index (χ2v) is 10.1. The molecule has 0 unspecified atom stereocenters. The van der Waals surface area contributed by atoms with Crippen LogP contribution in [0.4, 0.5) is 14.6 Å². The highest BCUT2D eigenvalue weighted by molar-refractivity contribution is 5.95. The molecule has 2 aromatic rings. The Balaban J connectivity index is 1.30. The molecule has 1 amide bonds. The average Bonchev–Trinajstić information content (AvgIpc) is 3.54. The van der Waals surface area contributed by atoms with E-state index < -0.39 is 24.4 Å². The van der Waals surface area contributed by atoms with Crippen molar-refractivity contribution in [2.24, 2.45) is 11.8 Å². The molecule has 8 heteroatoms. The molecule has 1 aromatic heterocycles. The number of aliphatic hydroxyl groups excluding tert-OH is 1. The van der Waals surface area contributed by atoms with E-state index in [0.29, 0.717) is 24.9 Å². The second-order valence-electron chi connectivity index (χ2n) is 10.1. The third-order valence-corrected chi connectivity index (χ3v) is 7.90. The molecule has 3 heterocycles. The van der Waals surface area contributed by atoms with Gasteiger partial charge in [-0.1, -0.05) is 6.07 Å². The van der Waals surface area contributed by atoms with Crippen molar-refractivity contribution < 1.29 is 23.4 Å². The van der Waals surface area contributed by atoms with E-state index in [9.17, 15) is 18.7 Å². The maximum Gasteiger partial charge on any atom is 0.242 e. The number of fused-ring (bicyclic) bond motifs is 1. The van der Waals surface area contributed by atoms with Gasteiger partial charge in [0.15, 0.2) is 0 Å². The van der Waals surface area contributed by atoms with E-state index in [1.807, 2.05) is 6.07 Å². The average molecular weight is 460 g/mol. The van der Waals surface area contributed by atoms with Gasteiger partial charge in [-0.2, -0.15) is 0 Å². The fourth-order valence-corrected chi connectivity index (χ4v) is 5.50. The minimum atomic E-state index is -2.45. The summed E-state index contributed by atoms with van der Waals surface area (Å²) < 4.78 is 31.1. The predicted molar refractivity (Wildman–Crippen MR) is 121 cm³/mol. The summed E-state index contributed by atoms with van der Waals surface area (Å²) >= 11 is 0. The van der Waals surface area contributed by atoms with Crippen molar-refractivity contribution in [1.82, 2.24) is 9.88 Å². The summed E-state index contributed by atoms with van der Waals surface area (Å²) in [6.45, 7) is 6.97. The number of carbonyl (C=O) groups is 1. The van der Waals surface area contributed by atoms with Crippen LogP contribution in [0.2, 0.25) is 0 Å². The lowest BCUT2D eigenvalue weighted by molar-refractivity contribution is -0.118. The summed E-state index contributed by atoms with van der Waals surface area (Å²) in [5.74, 6) is -1.01. The maximum absolute atomic E-state index is 12.8. The van der Waals surface area contributed by atoms with Crippen molar-refractivity contribution in [3.8, 4) is 0 Å². The molecule has 0 spiro atoms. The highest BCUT2D eigenvalue weighted by Gasteiger charge is 2.49. The highest BCUT2D eigenvalue weighted by Crippen LogP contribution is 2.44. The number of likely N-dealkylation sites (tertiary alicyclic amines) is 1. The van der Waals surface area contributed by atoms with Crippen molar-refractivity contribution in [3.63, 3.8) is 0 Å². The number of piperidine rings is 1. The van der Waals surface area contributed by atoms with Gasteiger partial charge in [-0.15, -0.1) is 0 Å². The van der Waals surface area contributed by atoms with Crippen molar-refractivity contribution in [2.75, 3.05) is 31.6 Å². The number of pyridine rings is 1. The Bertz CT molecular complexity index is 1060. The fourth-order valence-electron chi connectivity index (χ4n) is 5.50. The number of nitrogens with one attached hydrogen (secondary N) is 1. The molecular formula is C25H31F2N3O3. The Morgan fingerprint density at radius 2 is 2.03 bits per heavy atom. The molecule has 2 N–H and O–H groups in total. The van der Waals surface area contributed by atoms with Gasteiger partial charge in [-0.3, -0.25) is 9.69 Å². The number of anilines is 1. The Morgan fingerprint density at radius 3 is 2.67 bits per heavy atom. The Labute approximate surface area is 192 Å². The van der Waals surface area contributed by atoms with E-state index in [4.69, 9.17) is 4.74 Å². The third kappa shape index (κ3) is 4.24. The molecule has 0 bridgehead atoms. The number of benzene rings is 1. The molecule has 1 aromatic carbocycles. The monoisotopic (exact) mass is 459 g/mol. The first kappa shape index (κ1) is 22.6. The zero-order valence-electron chi connectivity index (χ0n) is 19.1. The molecular weight excluding hydrogens is 428 g/mol. The lowest BCUT2D eigenvalue weighted by atomic mass is 9.83. The van der Waals surface area contributed by atoms with Crippen LogP contribution in [0.5, 0.6) is 0 Å². The summed E-state index contributed by atoms with van der Waals surface area (Å²) in [7, 11) is 0. The molecule has 3 fully saturated rings. The zero-order chi connectivity index (χ0) is 23.3. The predicted octanol–water partition coefficient (Wildman–Crippen LogP) is 3.71. The Morgan fingerprint density at radius 1 is 1.27 bits per heavy atom. The van der Waals surface area contributed by atoms with Crippen molar-refractivity contribution >= 4 is 22.5 Å². The molecule has 4 atom stereocenters. The molecule has 33 heavy (non-hydrogen) atoms. The first-order valence-electron chi connectivity index (χ1n) is 11.8. The van der Waals surface area contributed by atoms with Crippen LogP contribution in [0, 0.1) is 18.8 Å². The van der Waals surface area contributed by atoms with Crippen molar-refractivity contribution in [2.45, 2.75) is 57.1 Å². The molecule has 1 aliphatic carbocycles. The van der Waals surface area contributed by atoms with Gasteiger partial charge < -0.3 is 15.2 Å². The molecule has 2 saturated heterocycles. The third-order valence-electron chi connectivity index (χ3n) is 7.90. The number of hydrogen-bond acceptors (Lipinski definition) is 5. The SMILES string of the molecule is Cc1cc2cnc(NC(=O)[C@H]3C[C@@H]3C(F)F)cc2cc1C1CCN([C@]2(C)COC[C@@H]2O)CC1. The Kier molecular flexibility index (Phi) is 5.87. The summed E-state index contributed by atoms with van der Waals surface area (Å²) in [4.78, 5) is 18.9. The highest BCUT2D eigenvalue weighted by atomic mass is 19.3. The number of aryl methyl sites for hydroxylation is 1. The van der Waals surface area contributed by atoms with Gasteiger partial charge >= 0.3 is 0 Å². The Hall–Kier alpha value is -2.16. The first-order valence-corrected chi connectivity index (χ1v) is 11.8. The van der Waals surface area contributed by atoms with Crippen LogP contribution >= 0.6 is 0 Å². The minimum Gasteiger partial charge on any atom is -0.389 e. The van der Waals surface area contributed by atoms with Gasteiger partial charge in [0.25, 0.3) is 0 Å². The maximum atomic E-state index is 12.8. The lowest BCUT2D eigenvalue weighted by Gasteiger charge is -2.44.